The van der Waals surface area contributed by atoms with Crippen molar-refractivity contribution in [1.29, 1.82) is 0 Å². The molecule has 11 rings (SSSR count). The van der Waals surface area contributed by atoms with Crippen LogP contribution in [-0.4, -0.2) is 0 Å². The Balaban J connectivity index is 1.18. The summed E-state index contributed by atoms with van der Waals surface area (Å²) in [6.07, 6.45) is 0. The normalized spacial score (nSPS) is 11.5. The standard InChI is InChI=1S/C54H35NS2/c1-4-14-36(15-5-1)38-26-30-41(31-27-38)55(42-32-28-39(29-33-42)37-16-6-2-7-17-37)43-34-49-47-23-12-21-44(40-18-8-3-9-19-40)52(47)57-54(49)50(35-43)48-24-13-22-46-45-20-10-11-25-51(45)56-53(46)48/h1-35H. The molecular formula is C54H35NS2. The summed E-state index contributed by atoms with van der Waals surface area (Å²) in [7, 11) is 0. The van der Waals surface area contributed by atoms with Gasteiger partial charge in [0.2, 0.25) is 0 Å². The van der Waals surface area contributed by atoms with Gasteiger partial charge in [-0.1, -0.05) is 170 Å². The first-order chi connectivity index (χ1) is 28.3. The van der Waals surface area contributed by atoms with Gasteiger partial charge in [0, 0.05) is 68.5 Å². The van der Waals surface area contributed by atoms with E-state index >= 15 is 0 Å². The van der Waals surface area contributed by atoms with Crippen molar-refractivity contribution in [2.24, 2.45) is 0 Å². The highest BCUT2D eigenvalue weighted by atomic mass is 32.1. The van der Waals surface area contributed by atoms with Gasteiger partial charge in [-0.25, -0.2) is 0 Å². The predicted molar refractivity (Wildman–Crippen MR) is 249 cm³/mol. The van der Waals surface area contributed by atoms with Gasteiger partial charge in [-0.2, -0.15) is 0 Å². The van der Waals surface area contributed by atoms with E-state index < -0.39 is 0 Å². The monoisotopic (exact) mass is 761 g/mol. The minimum Gasteiger partial charge on any atom is -0.310 e. The highest BCUT2D eigenvalue weighted by molar-refractivity contribution is 7.27. The maximum absolute atomic E-state index is 2.44. The van der Waals surface area contributed by atoms with Crippen LogP contribution in [0.3, 0.4) is 0 Å². The molecule has 0 N–H and O–H groups in total. The van der Waals surface area contributed by atoms with Gasteiger partial charge in [0.1, 0.15) is 0 Å². The lowest BCUT2D eigenvalue weighted by Gasteiger charge is -2.27. The summed E-state index contributed by atoms with van der Waals surface area (Å²) in [5, 5.41) is 5.17. The highest BCUT2D eigenvalue weighted by Gasteiger charge is 2.22. The minimum atomic E-state index is 1.11. The minimum absolute atomic E-state index is 1.11. The molecule has 2 heterocycles. The van der Waals surface area contributed by atoms with E-state index in [0.717, 1.165) is 17.1 Å². The van der Waals surface area contributed by atoms with E-state index in [1.807, 2.05) is 22.7 Å². The van der Waals surface area contributed by atoms with Crippen molar-refractivity contribution < 1.29 is 0 Å². The van der Waals surface area contributed by atoms with Gasteiger partial charge < -0.3 is 4.90 Å². The Hall–Kier alpha value is -6.78. The average molecular weight is 762 g/mol. The van der Waals surface area contributed by atoms with Gasteiger partial charge in [0.25, 0.3) is 0 Å². The van der Waals surface area contributed by atoms with Crippen LogP contribution in [0, 0.1) is 0 Å². The van der Waals surface area contributed by atoms with Crippen LogP contribution < -0.4 is 4.90 Å². The Bertz CT molecular complexity index is 3120. The van der Waals surface area contributed by atoms with E-state index in [1.165, 1.54) is 84.9 Å². The van der Waals surface area contributed by atoms with E-state index in [-0.39, 0.29) is 0 Å². The van der Waals surface area contributed by atoms with E-state index in [4.69, 9.17) is 0 Å². The molecule has 0 amide bonds. The second-order valence-electron chi connectivity index (χ2n) is 14.5. The molecule has 1 nitrogen and oxygen atoms in total. The third-order valence-corrected chi connectivity index (χ3v) is 13.6. The number of nitrogens with zero attached hydrogens (tertiary/aromatic N) is 1. The van der Waals surface area contributed by atoms with Crippen LogP contribution in [0.4, 0.5) is 17.1 Å². The van der Waals surface area contributed by atoms with Crippen molar-refractivity contribution in [3.8, 4) is 44.5 Å². The summed E-state index contributed by atoms with van der Waals surface area (Å²) in [4.78, 5) is 2.43. The SMILES string of the molecule is c1ccc(-c2ccc(N(c3ccc(-c4ccccc4)cc3)c3cc(-c4cccc5c4sc4ccccc45)c4sc5c(-c6ccccc6)cccc5c4c3)cc2)cc1. The second-order valence-corrected chi connectivity index (χ2v) is 16.5. The molecule has 0 saturated heterocycles. The Morgan fingerprint density at radius 3 is 1.33 bits per heavy atom. The lowest BCUT2D eigenvalue weighted by molar-refractivity contribution is 1.29. The van der Waals surface area contributed by atoms with Crippen LogP contribution in [0.1, 0.15) is 0 Å². The molecule has 9 aromatic carbocycles. The molecule has 0 atom stereocenters. The molecule has 268 valence electrons. The zero-order valence-corrected chi connectivity index (χ0v) is 32.6. The van der Waals surface area contributed by atoms with Crippen LogP contribution in [-0.2, 0) is 0 Å². The summed E-state index contributed by atoms with van der Waals surface area (Å²) in [6, 6.07) is 77.5. The maximum atomic E-state index is 2.44. The quantitative estimate of drug-likeness (QED) is 0.156. The first-order valence-electron chi connectivity index (χ1n) is 19.3. The van der Waals surface area contributed by atoms with Gasteiger partial charge in [-0.15, -0.1) is 22.7 Å². The number of thiophene rings is 2. The molecule has 0 unspecified atom stereocenters. The zero-order chi connectivity index (χ0) is 37.7. The van der Waals surface area contributed by atoms with Crippen LogP contribution >= 0.6 is 22.7 Å². The first kappa shape index (κ1) is 33.5. The smallest absolute Gasteiger partial charge is 0.0475 e. The van der Waals surface area contributed by atoms with Gasteiger partial charge in [0.15, 0.2) is 0 Å². The van der Waals surface area contributed by atoms with E-state index in [2.05, 4.69) is 217 Å². The van der Waals surface area contributed by atoms with Crippen LogP contribution in [0.2, 0.25) is 0 Å². The molecule has 0 radical (unpaired) electrons. The number of benzene rings is 9. The van der Waals surface area contributed by atoms with Crippen molar-refractivity contribution in [1.82, 2.24) is 0 Å². The van der Waals surface area contributed by atoms with Gasteiger partial charge in [-0.3, -0.25) is 0 Å². The van der Waals surface area contributed by atoms with Crippen LogP contribution in [0.5, 0.6) is 0 Å². The Morgan fingerprint density at radius 2 is 0.719 bits per heavy atom. The van der Waals surface area contributed by atoms with Crippen LogP contribution in [0.15, 0.2) is 212 Å². The average Bonchev–Trinajstić information content (AvgIpc) is 3.87. The molecular weight excluding hydrogens is 727 g/mol. The molecule has 3 heteroatoms. The topological polar surface area (TPSA) is 3.24 Å². The van der Waals surface area contributed by atoms with E-state index in [1.54, 1.807) is 0 Å². The molecule has 0 aliphatic carbocycles. The Kier molecular flexibility index (Phi) is 8.28. The molecule has 2 aromatic heterocycles. The fraction of sp³-hybridized carbons (Fsp3) is 0. The number of rotatable bonds is 7. The number of hydrogen-bond acceptors (Lipinski definition) is 3. The predicted octanol–water partition coefficient (Wildman–Crippen LogP) is 16.6. The summed E-state index contributed by atoms with van der Waals surface area (Å²) in [5.41, 5.74) is 13.2. The van der Waals surface area contributed by atoms with Crippen molar-refractivity contribution in [3.05, 3.63) is 212 Å². The number of fused-ring (bicyclic) bond motifs is 6. The molecule has 57 heavy (non-hydrogen) atoms. The number of hydrogen-bond donors (Lipinski definition) is 0. The lowest BCUT2D eigenvalue weighted by atomic mass is 9.97. The van der Waals surface area contributed by atoms with Gasteiger partial charge >= 0.3 is 0 Å². The molecule has 0 saturated carbocycles. The third kappa shape index (κ3) is 5.91. The second kappa shape index (κ2) is 14.1. The molecule has 0 aliphatic heterocycles. The van der Waals surface area contributed by atoms with Crippen molar-refractivity contribution in [2.75, 3.05) is 4.90 Å². The van der Waals surface area contributed by atoms with Crippen molar-refractivity contribution in [2.45, 2.75) is 0 Å². The summed E-state index contributed by atoms with van der Waals surface area (Å²) < 4.78 is 5.25. The molecule has 0 spiro atoms. The van der Waals surface area contributed by atoms with Crippen molar-refractivity contribution in [3.63, 3.8) is 0 Å². The van der Waals surface area contributed by atoms with Crippen molar-refractivity contribution >= 4 is 80.1 Å². The molecule has 0 fully saturated rings. The lowest BCUT2D eigenvalue weighted by Crippen LogP contribution is -2.10. The summed E-state index contributed by atoms with van der Waals surface area (Å²) in [5.74, 6) is 0. The summed E-state index contributed by atoms with van der Waals surface area (Å²) >= 11 is 3.81. The molecule has 0 aliphatic rings. The van der Waals surface area contributed by atoms with E-state index in [9.17, 15) is 0 Å². The Labute approximate surface area is 340 Å². The maximum Gasteiger partial charge on any atom is 0.0475 e. The zero-order valence-electron chi connectivity index (χ0n) is 31.0. The third-order valence-electron chi connectivity index (χ3n) is 11.1. The molecule has 0 bridgehead atoms. The molecule has 11 aromatic rings. The number of anilines is 3. The van der Waals surface area contributed by atoms with Gasteiger partial charge in [-0.05, 0) is 75.8 Å². The Morgan fingerprint density at radius 1 is 0.263 bits per heavy atom. The van der Waals surface area contributed by atoms with Crippen LogP contribution in [0.25, 0.3) is 84.9 Å². The highest BCUT2D eigenvalue weighted by Crippen LogP contribution is 2.50. The fourth-order valence-corrected chi connectivity index (χ4v) is 10.9. The summed E-state index contributed by atoms with van der Waals surface area (Å²) in [6.45, 7) is 0. The van der Waals surface area contributed by atoms with Gasteiger partial charge in [0.05, 0.1) is 0 Å². The first-order valence-corrected chi connectivity index (χ1v) is 21.0. The van der Waals surface area contributed by atoms with E-state index in [0.29, 0.717) is 0 Å². The fourth-order valence-electron chi connectivity index (χ4n) is 8.33. The largest absolute Gasteiger partial charge is 0.310 e.